The zero-order valence-electron chi connectivity index (χ0n) is 14.7. The lowest BCUT2D eigenvalue weighted by Crippen LogP contribution is -2.29. The van der Waals surface area contributed by atoms with Gasteiger partial charge in [-0.15, -0.1) is 0 Å². The number of aromatic nitrogens is 1. The van der Waals surface area contributed by atoms with Crippen molar-refractivity contribution in [3.63, 3.8) is 0 Å². The van der Waals surface area contributed by atoms with Gasteiger partial charge in [-0.3, -0.25) is 4.79 Å². The highest BCUT2D eigenvalue weighted by Gasteiger charge is 2.25. The summed E-state index contributed by atoms with van der Waals surface area (Å²) in [4.78, 5) is 19.1. The first-order valence-electron chi connectivity index (χ1n) is 9.33. The molecule has 1 fully saturated rings. The molecule has 25 heavy (non-hydrogen) atoms. The summed E-state index contributed by atoms with van der Waals surface area (Å²) in [5.41, 5.74) is 2.92. The number of benzene rings is 1. The Morgan fingerprint density at radius 1 is 1.28 bits per heavy atom. The number of nitrogens with one attached hydrogen (secondary N) is 1. The summed E-state index contributed by atoms with van der Waals surface area (Å²) in [6.07, 6.45) is 7.91. The predicted octanol–water partition coefficient (Wildman–Crippen LogP) is 4.28. The number of anilines is 2. The van der Waals surface area contributed by atoms with Crippen molar-refractivity contribution in [2.45, 2.75) is 45.1 Å². The molecule has 2 heterocycles. The molecule has 0 bridgehead atoms. The van der Waals surface area contributed by atoms with Gasteiger partial charge in [0.25, 0.3) is 5.91 Å². The largest absolute Gasteiger partial charge is 0.368 e. The van der Waals surface area contributed by atoms with Gasteiger partial charge in [-0.2, -0.15) is 0 Å². The van der Waals surface area contributed by atoms with Gasteiger partial charge in [0, 0.05) is 24.5 Å². The first-order chi connectivity index (χ1) is 12.2. The van der Waals surface area contributed by atoms with Crippen LogP contribution in [-0.4, -0.2) is 23.5 Å². The number of pyridine rings is 1. The average Bonchev–Trinajstić information content (AvgIpc) is 3.37. The van der Waals surface area contributed by atoms with Crippen LogP contribution in [0.25, 0.3) is 0 Å². The Labute approximate surface area is 149 Å². The fraction of sp³-hybridized carbons (Fsp3) is 0.429. The summed E-state index contributed by atoms with van der Waals surface area (Å²) in [7, 11) is 0. The number of para-hydroxylation sites is 1. The maximum atomic E-state index is 12.8. The summed E-state index contributed by atoms with van der Waals surface area (Å²) in [5.74, 6) is 1.84. The molecule has 2 aliphatic rings. The summed E-state index contributed by atoms with van der Waals surface area (Å²) < 4.78 is 0. The normalized spacial score (nSPS) is 17.2. The van der Waals surface area contributed by atoms with Crippen LogP contribution in [0.4, 0.5) is 11.5 Å². The lowest BCUT2D eigenvalue weighted by molar-refractivity contribution is 0.0989. The Hall–Kier alpha value is -2.36. The molecule has 1 aromatic heterocycles. The third-order valence-corrected chi connectivity index (χ3v) is 5.24. The highest BCUT2D eigenvalue weighted by atomic mass is 16.2. The molecule has 1 saturated carbocycles. The van der Waals surface area contributed by atoms with Gasteiger partial charge in [-0.1, -0.05) is 31.0 Å². The van der Waals surface area contributed by atoms with Crippen LogP contribution in [0, 0.1) is 5.92 Å². The fourth-order valence-electron chi connectivity index (χ4n) is 3.53. The van der Waals surface area contributed by atoms with E-state index in [2.05, 4.69) is 23.3 Å². The van der Waals surface area contributed by atoms with Gasteiger partial charge >= 0.3 is 0 Å². The molecule has 1 N–H and O–H groups in total. The van der Waals surface area contributed by atoms with E-state index in [0.717, 1.165) is 30.4 Å². The van der Waals surface area contributed by atoms with Crippen molar-refractivity contribution in [1.29, 1.82) is 0 Å². The lowest BCUT2D eigenvalue weighted by Gasteiger charge is -2.18. The van der Waals surface area contributed by atoms with Crippen molar-refractivity contribution in [3.8, 4) is 0 Å². The molecule has 4 rings (SSSR count). The number of fused-ring (bicyclic) bond motifs is 1. The molecular formula is C21H25N3O. The van der Waals surface area contributed by atoms with Gasteiger partial charge in [0.15, 0.2) is 0 Å². The number of hydrogen-bond acceptors (Lipinski definition) is 3. The van der Waals surface area contributed by atoms with E-state index in [1.165, 1.54) is 31.2 Å². The van der Waals surface area contributed by atoms with Gasteiger partial charge in [0.2, 0.25) is 0 Å². The number of nitrogens with zero attached hydrogens (tertiary/aromatic N) is 2. The maximum Gasteiger partial charge on any atom is 0.259 e. The van der Waals surface area contributed by atoms with Crippen molar-refractivity contribution in [3.05, 3.63) is 53.7 Å². The molecule has 1 aliphatic heterocycles. The van der Waals surface area contributed by atoms with E-state index < -0.39 is 0 Å². The van der Waals surface area contributed by atoms with E-state index in [4.69, 9.17) is 0 Å². The maximum absolute atomic E-state index is 12.8. The molecule has 1 amide bonds. The zero-order chi connectivity index (χ0) is 17.2. The second kappa shape index (κ2) is 6.87. The quantitative estimate of drug-likeness (QED) is 0.857. The molecule has 0 saturated heterocycles. The summed E-state index contributed by atoms with van der Waals surface area (Å²) in [6, 6.07) is 12.3. The van der Waals surface area contributed by atoms with Crippen molar-refractivity contribution in [1.82, 2.24) is 4.98 Å². The van der Waals surface area contributed by atoms with Crippen molar-refractivity contribution >= 4 is 17.4 Å². The van der Waals surface area contributed by atoms with Gasteiger partial charge in [0.05, 0.1) is 5.56 Å². The Balaban J connectivity index is 1.39. The first kappa shape index (κ1) is 16.1. The van der Waals surface area contributed by atoms with Crippen LogP contribution in [-0.2, 0) is 6.42 Å². The lowest BCUT2D eigenvalue weighted by atomic mass is 10.1. The Morgan fingerprint density at radius 2 is 2.12 bits per heavy atom. The molecule has 4 nitrogen and oxygen atoms in total. The van der Waals surface area contributed by atoms with Gasteiger partial charge in [-0.05, 0) is 55.9 Å². The minimum absolute atomic E-state index is 0.0331. The Morgan fingerprint density at radius 3 is 2.88 bits per heavy atom. The molecule has 1 aromatic carbocycles. The summed E-state index contributed by atoms with van der Waals surface area (Å²) >= 11 is 0. The van der Waals surface area contributed by atoms with E-state index in [-0.39, 0.29) is 5.91 Å². The molecule has 0 spiro atoms. The minimum Gasteiger partial charge on any atom is -0.368 e. The van der Waals surface area contributed by atoms with E-state index in [1.54, 1.807) is 6.20 Å². The van der Waals surface area contributed by atoms with Gasteiger partial charge in [0.1, 0.15) is 5.82 Å². The molecular weight excluding hydrogens is 310 g/mol. The molecule has 0 radical (unpaired) electrons. The molecule has 2 aromatic rings. The minimum atomic E-state index is 0.0331. The zero-order valence-corrected chi connectivity index (χ0v) is 14.7. The van der Waals surface area contributed by atoms with Gasteiger partial charge < -0.3 is 10.2 Å². The number of hydrogen-bond donors (Lipinski definition) is 1. The fourth-order valence-corrected chi connectivity index (χ4v) is 3.53. The SMILES string of the molecule is CC(CCC1CC1)Nc1ccc(C(=O)N2CCc3ccccc32)cn1. The molecule has 130 valence electrons. The van der Waals surface area contributed by atoms with Crippen LogP contribution in [0.3, 0.4) is 0 Å². The molecule has 1 atom stereocenters. The Bertz CT molecular complexity index is 752. The third-order valence-electron chi connectivity index (χ3n) is 5.24. The second-order valence-electron chi connectivity index (χ2n) is 7.33. The molecule has 4 heteroatoms. The average molecular weight is 335 g/mol. The predicted molar refractivity (Wildman–Crippen MR) is 101 cm³/mol. The smallest absolute Gasteiger partial charge is 0.259 e. The highest BCUT2D eigenvalue weighted by Crippen LogP contribution is 2.34. The van der Waals surface area contributed by atoms with E-state index in [1.807, 2.05) is 35.2 Å². The first-order valence-corrected chi connectivity index (χ1v) is 9.33. The van der Waals surface area contributed by atoms with Crippen LogP contribution in [0.2, 0.25) is 0 Å². The van der Waals surface area contributed by atoms with Crippen LogP contribution in [0.1, 0.15) is 48.5 Å². The number of amides is 1. The van der Waals surface area contributed by atoms with Crippen LogP contribution >= 0.6 is 0 Å². The van der Waals surface area contributed by atoms with E-state index in [0.29, 0.717) is 11.6 Å². The molecule has 1 aliphatic carbocycles. The highest BCUT2D eigenvalue weighted by molar-refractivity contribution is 6.07. The number of carbonyl (C=O) groups is 1. The topological polar surface area (TPSA) is 45.2 Å². The van der Waals surface area contributed by atoms with E-state index in [9.17, 15) is 4.79 Å². The Kier molecular flexibility index (Phi) is 4.43. The number of rotatable bonds is 6. The van der Waals surface area contributed by atoms with Gasteiger partial charge in [-0.25, -0.2) is 4.98 Å². The third kappa shape index (κ3) is 3.68. The van der Waals surface area contributed by atoms with Crippen LogP contribution in [0.15, 0.2) is 42.6 Å². The standard InChI is InChI=1S/C21H25N3O/c1-15(6-7-16-8-9-16)23-20-11-10-18(14-22-20)21(25)24-13-12-17-4-2-3-5-19(17)24/h2-5,10-11,14-16H,6-9,12-13H2,1H3,(H,22,23). The van der Waals surface area contributed by atoms with Crippen LogP contribution in [0.5, 0.6) is 0 Å². The van der Waals surface area contributed by atoms with Crippen molar-refractivity contribution in [2.75, 3.05) is 16.8 Å². The van der Waals surface area contributed by atoms with Crippen LogP contribution < -0.4 is 10.2 Å². The monoisotopic (exact) mass is 335 g/mol. The second-order valence-corrected chi connectivity index (χ2v) is 7.33. The summed E-state index contributed by atoms with van der Waals surface area (Å²) in [6.45, 7) is 2.95. The van der Waals surface area contributed by atoms with E-state index >= 15 is 0 Å². The van der Waals surface area contributed by atoms with Crippen molar-refractivity contribution in [2.24, 2.45) is 5.92 Å². The summed E-state index contributed by atoms with van der Waals surface area (Å²) in [5, 5.41) is 3.44. The number of carbonyl (C=O) groups excluding carboxylic acids is 1. The molecule has 1 unspecified atom stereocenters. The van der Waals surface area contributed by atoms with Crippen molar-refractivity contribution < 1.29 is 4.79 Å².